The van der Waals surface area contributed by atoms with Crippen molar-refractivity contribution in [3.8, 4) is 11.5 Å². The lowest BCUT2D eigenvalue weighted by molar-refractivity contribution is 0.130. The van der Waals surface area contributed by atoms with Gasteiger partial charge in [0.05, 0.1) is 6.61 Å². The lowest BCUT2D eigenvalue weighted by atomic mass is 9.85. The zero-order chi connectivity index (χ0) is 15.0. The Balaban J connectivity index is 1.79. The van der Waals surface area contributed by atoms with E-state index >= 15 is 0 Å². The molecule has 2 aliphatic heterocycles. The molecule has 1 aromatic carbocycles. The molecule has 116 valence electrons. The van der Waals surface area contributed by atoms with Crippen LogP contribution in [0.4, 0.5) is 0 Å². The van der Waals surface area contributed by atoms with E-state index in [-0.39, 0.29) is 5.54 Å². The molecule has 0 amide bonds. The van der Waals surface area contributed by atoms with Crippen molar-refractivity contribution in [3.05, 3.63) is 23.8 Å². The summed E-state index contributed by atoms with van der Waals surface area (Å²) in [5.41, 5.74) is 1.13. The molecule has 2 fully saturated rings. The molecule has 4 nitrogen and oxygen atoms in total. The summed E-state index contributed by atoms with van der Waals surface area (Å²) in [5, 5.41) is 13.9. The number of phenols is 1. The van der Waals surface area contributed by atoms with Crippen LogP contribution < -0.4 is 10.1 Å². The summed E-state index contributed by atoms with van der Waals surface area (Å²) in [4.78, 5) is 2.51. The van der Waals surface area contributed by atoms with Crippen molar-refractivity contribution < 1.29 is 9.84 Å². The number of likely N-dealkylation sites (tertiary alicyclic amines) is 1. The van der Waals surface area contributed by atoms with Gasteiger partial charge in [-0.05, 0) is 45.2 Å². The van der Waals surface area contributed by atoms with Gasteiger partial charge in [-0.2, -0.15) is 0 Å². The Morgan fingerprint density at radius 3 is 2.90 bits per heavy atom. The molecule has 0 saturated carbocycles. The van der Waals surface area contributed by atoms with E-state index in [9.17, 15) is 5.11 Å². The molecule has 0 bridgehead atoms. The first kappa shape index (κ1) is 14.7. The molecule has 2 saturated heterocycles. The first-order valence-corrected chi connectivity index (χ1v) is 7.93. The first-order chi connectivity index (χ1) is 10.0. The first-order valence-electron chi connectivity index (χ1n) is 7.93. The topological polar surface area (TPSA) is 44.7 Å². The predicted octanol–water partition coefficient (Wildman–Crippen LogP) is 2.22. The van der Waals surface area contributed by atoms with E-state index < -0.39 is 0 Å². The largest absolute Gasteiger partial charge is 0.504 e. The van der Waals surface area contributed by atoms with Crippen LogP contribution in [0.2, 0.25) is 0 Å². The number of aromatic hydroxyl groups is 1. The molecule has 4 heteroatoms. The molecule has 0 aromatic heterocycles. The van der Waals surface area contributed by atoms with E-state index in [2.05, 4.69) is 24.1 Å². The van der Waals surface area contributed by atoms with Crippen molar-refractivity contribution in [2.24, 2.45) is 11.8 Å². The monoisotopic (exact) mass is 290 g/mol. The average molecular weight is 290 g/mol. The fourth-order valence-electron chi connectivity index (χ4n) is 3.95. The average Bonchev–Trinajstić information content (AvgIpc) is 2.99. The smallest absolute Gasteiger partial charge is 0.162 e. The summed E-state index contributed by atoms with van der Waals surface area (Å²) in [7, 11) is 0. The molecule has 21 heavy (non-hydrogen) atoms. The number of fused-ring (bicyclic) bond motifs is 1. The van der Waals surface area contributed by atoms with Crippen molar-refractivity contribution in [3.63, 3.8) is 0 Å². The van der Waals surface area contributed by atoms with Crippen molar-refractivity contribution in [1.82, 2.24) is 10.2 Å². The van der Waals surface area contributed by atoms with E-state index in [0.717, 1.165) is 37.7 Å². The number of rotatable bonds is 4. The fourth-order valence-corrected chi connectivity index (χ4v) is 3.95. The molecule has 0 spiro atoms. The van der Waals surface area contributed by atoms with E-state index in [1.807, 2.05) is 25.1 Å². The van der Waals surface area contributed by atoms with Gasteiger partial charge in [0.1, 0.15) is 0 Å². The number of hydrogen-bond donors (Lipinski definition) is 2. The zero-order valence-corrected chi connectivity index (χ0v) is 13.2. The second-order valence-electron chi connectivity index (χ2n) is 6.76. The lowest BCUT2D eigenvalue weighted by Crippen LogP contribution is -2.43. The van der Waals surface area contributed by atoms with Gasteiger partial charge in [0, 0.05) is 30.7 Å². The van der Waals surface area contributed by atoms with Crippen LogP contribution in [-0.2, 0) is 6.54 Å². The zero-order valence-electron chi connectivity index (χ0n) is 13.2. The third-order valence-corrected chi connectivity index (χ3v) is 5.26. The Bertz CT molecular complexity index is 516. The summed E-state index contributed by atoms with van der Waals surface area (Å²) < 4.78 is 5.49. The van der Waals surface area contributed by atoms with Crippen LogP contribution in [0, 0.1) is 11.8 Å². The number of nitrogens with one attached hydrogen (secondary N) is 1. The molecule has 2 atom stereocenters. The Kier molecular flexibility index (Phi) is 3.84. The highest BCUT2D eigenvalue weighted by atomic mass is 16.5. The fraction of sp³-hybridized carbons (Fsp3) is 0.647. The second kappa shape index (κ2) is 5.50. The van der Waals surface area contributed by atoms with E-state index in [0.29, 0.717) is 24.0 Å². The lowest BCUT2D eigenvalue weighted by Gasteiger charge is -2.35. The van der Waals surface area contributed by atoms with Crippen LogP contribution in [0.5, 0.6) is 11.5 Å². The molecule has 0 radical (unpaired) electrons. The standard InChI is InChI=1S/C17H26N2O2/c1-4-21-15-7-5-6-12(16(15)20)10-19-11-13-8-18-9-14(13)17(19,2)3/h5-7,13-14,18,20H,4,8-11H2,1-3H3. The minimum Gasteiger partial charge on any atom is -0.504 e. The van der Waals surface area contributed by atoms with Gasteiger partial charge in [0.2, 0.25) is 0 Å². The van der Waals surface area contributed by atoms with E-state index in [1.165, 1.54) is 0 Å². The number of hydrogen-bond acceptors (Lipinski definition) is 4. The van der Waals surface area contributed by atoms with Gasteiger partial charge in [0.15, 0.2) is 11.5 Å². The molecule has 2 N–H and O–H groups in total. The number of phenolic OH excluding ortho intramolecular Hbond substituents is 1. The Labute approximate surface area is 127 Å². The third-order valence-electron chi connectivity index (χ3n) is 5.26. The van der Waals surface area contributed by atoms with Crippen LogP contribution in [0.3, 0.4) is 0 Å². The minimum atomic E-state index is 0.169. The molecule has 2 aliphatic rings. The normalized spacial score (nSPS) is 27.8. The third kappa shape index (κ3) is 2.51. The Morgan fingerprint density at radius 1 is 1.38 bits per heavy atom. The highest BCUT2D eigenvalue weighted by Crippen LogP contribution is 2.42. The van der Waals surface area contributed by atoms with Crippen LogP contribution >= 0.6 is 0 Å². The summed E-state index contributed by atoms with van der Waals surface area (Å²) in [5.74, 6) is 2.33. The van der Waals surface area contributed by atoms with E-state index in [1.54, 1.807) is 0 Å². The summed E-state index contributed by atoms with van der Waals surface area (Å²) in [6, 6.07) is 5.79. The second-order valence-corrected chi connectivity index (χ2v) is 6.76. The maximum Gasteiger partial charge on any atom is 0.162 e. The van der Waals surface area contributed by atoms with E-state index in [4.69, 9.17) is 4.74 Å². The summed E-state index contributed by atoms with van der Waals surface area (Å²) in [6.45, 7) is 11.3. The van der Waals surface area contributed by atoms with Gasteiger partial charge in [-0.1, -0.05) is 12.1 Å². The number of benzene rings is 1. The summed E-state index contributed by atoms with van der Waals surface area (Å²) in [6.07, 6.45) is 0. The minimum absolute atomic E-state index is 0.169. The Hall–Kier alpha value is -1.26. The molecule has 1 aromatic rings. The SMILES string of the molecule is CCOc1cccc(CN2CC3CNCC3C2(C)C)c1O. The van der Waals surface area contributed by atoms with Gasteiger partial charge in [-0.15, -0.1) is 0 Å². The van der Waals surface area contributed by atoms with Gasteiger partial charge in [0.25, 0.3) is 0 Å². The number of nitrogens with zero attached hydrogens (tertiary/aromatic N) is 1. The molecule has 2 heterocycles. The van der Waals surface area contributed by atoms with Gasteiger partial charge < -0.3 is 15.2 Å². The van der Waals surface area contributed by atoms with Crippen molar-refractivity contribution in [2.75, 3.05) is 26.2 Å². The number of ether oxygens (including phenoxy) is 1. The highest BCUT2D eigenvalue weighted by Gasteiger charge is 2.49. The highest BCUT2D eigenvalue weighted by molar-refractivity contribution is 5.45. The number of para-hydroxylation sites is 1. The van der Waals surface area contributed by atoms with Gasteiger partial charge in [-0.3, -0.25) is 4.90 Å². The van der Waals surface area contributed by atoms with Crippen LogP contribution in [0.25, 0.3) is 0 Å². The molecular weight excluding hydrogens is 264 g/mol. The van der Waals surface area contributed by atoms with Crippen LogP contribution in [-0.4, -0.2) is 41.8 Å². The molecule has 0 aliphatic carbocycles. The van der Waals surface area contributed by atoms with Crippen molar-refractivity contribution >= 4 is 0 Å². The predicted molar refractivity (Wildman–Crippen MR) is 83.6 cm³/mol. The molecular formula is C17H26N2O2. The maximum atomic E-state index is 10.4. The quantitative estimate of drug-likeness (QED) is 0.892. The van der Waals surface area contributed by atoms with Crippen molar-refractivity contribution in [2.45, 2.75) is 32.9 Å². The van der Waals surface area contributed by atoms with Crippen molar-refractivity contribution in [1.29, 1.82) is 0 Å². The Morgan fingerprint density at radius 2 is 2.19 bits per heavy atom. The molecule has 3 rings (SSSR count). The summed E-state index contributed by atoms with van der Waals surface area (Å²) >= 11 is 0. The van der Waals surface area contributed by atoms with Crippen LogP contribution in [0.15, 0.2) is 18.2 Å². The van der Waals surface area contributed by atoms with Gasteiger partial charge >= 0.3 is 0 Å². The molecule has 2 unspecified atom stereocenters. The van der Waals surface area contributed by atoms with Crippen LogP contribution in [0.1, 0.15) is 26.3 Å². The maximum absolute atomic E-state index is 10.4. The van der Waals surface area contributed by atoms with Gasteiger partial charge in [-0.25, -0.2) is 0 Å².